The highest BCUT2D eigenvalue weighted by atomic mass is 127. The van der Waals surface area contributed by atoms with E-state index in [1.807, 2.05) is 12.1 Å². The quantitative estimate of drug-likeness (QED) is 0.299. The van der Waals surface area contributed by atoms with Crippen molar-refractivity contribution in [2.75, 3.05) is 39.8 Å². The fraction of sp³-hybridized carbons (Fsp3) is 0.522. The Balaban J connectivity index is 0.00000320. The van der Waals surface area contributed by atoms with Gasteiger partial charge in [-0.2, -0.15) is 0 Å². The molecule has 1 saturated heterocycles. The van der Waals surface area contributed by atoms with Crippen LogP contribution in [0, 0.1) is 5.92 Å². The average Bonchev–Trinajstić information content (AvgIpc) is 3.27. The first-order valence-corrected chi connectivity index (χ1v) is 10.7. The molecule has 1 aromatic heterocycles. The lowest BCUT2D eigenvalue weighted by molar-refractivity contribution is 0.180. The summed E-state index contributed by atoms with van der Waals surface area (Å²) >= 11 is 0. The molecule has 1 fully saturated rings. The van der Waals surface area contributed by atoms with Crippen LogP contribution in [0.4, 0.5) is 0 Å². The molecular weight excluding hydrogens is 489 g/mol. The number of halogens is 1. The Kier molecular flexibility index (Phi) is 11.1. The third-order valence-electron chi connectivity index (χ3n) is 5.45. The molecule has 30 heavy (non-hydrogen) atoms. The van der Waals surface area contributed by atoms with Gasteiger partial charge in [-0.25, -0.2) is 0 Å². The Hall–Kier alpha value is -1.74. The molecule has 1 aromatic carbocycles. The van der Waals surface area contributed by atoms with Crippen molar-refractivity contribution in [3.8, 4) is 5.75 Å². The topological polar surface area (TPSA) is 53.8 Å². The average molecular weight is 525 g/mol. The standard InChI is InChI=1S/C23H35N5O.HI/c1-3-24-23(25-12-17-27-13-4-5-14-27)26-18-20-10-15-28(16-11-20)19-21-6-8-22(29-2)9-7-21;/h4-9,13-14,20H,3,10-12,15-19H2,1-2H3,(H2,24,25,26);1H. The number of methoxy groups -OCH3 is 1. The van der Waals surface area contributed by atoms with E-state index in [2.05, 4.69) is 63.7 Å². The molecule has 0 amide bonds. The van der Waals surface area contributed by atoms with Crippen LogP contribution in [0.2, 0.25) is 0 Å². The highest BCUT2D eigenvalue weighted by Gasteiger charge is 2.19. The smallest absolute Gasteiger partial charge is 0.191 e. The van der Waals surface area contributed by atoms with Gasteiger partial charge in [-0.1, -0.05) is 12.1 Å². The van der Waals surface area contributed by atoms with Crippen molar-refractivity contribution in [2.45, 2.75) is 32.9 Å². The summed E-state index contributed by atoms with van der Waals surface area (Å²) in [6.45, 7) is 9.02. The summed E-state index contributed by atoms with van der Waals surface area (Å²) in [6.07, 6.45) is 6.60. The number of likely N-dealkylation sites (tertiary alicyclic amines) is 1. The number of hydrogen-bond donors (Lipinski definition) is 2. The summed E-state index contributed by atoms with van der Waals surface area (Å²) in [7, 11) is 1.71. The molecule has 0 spiro atoms. The van der Waals surface area contributed by atoms with Crippen molar-refractivity contribution >= 4 is 29.9 Å². The zero-order valence-corrected chi connectivity index (χ0v) is 20.5. The van der Waals surface area contributed by atoms with Crippen LogP contribution >= 0.6 is 24.0 Å². The number of benzene rings is 1. The van der Waals surface area contributed by atoms with Crippen LogP contribution < -0.4 is 15.4 Å². The van der Waals surface area contributed by atoms with Crippen molar-refractivity contribution in [3.05, 3.63) is 54.4 Å². The van der Waals surface area contributed by atoms with Crippen molar-refractivity contribution in [1.29, 1.82) is 0 Å². The molecule has 2 heterocycles. The van der Waals surface area contributed by atoms with Crippen molar-refractivity contribution < 1.29 is 4.74 Å². The van der Waals surface area contributed by atoms with Gasteiger partial charge in [-0.3, -0.25) is 9.89 Å². The van der Waals surface area contributed by atoms with E-state index in [1.165, 1.54) is 18.4 Å². The number of nitrogens with one attached hydrogen (secondary N) is 2. The van der Waals surface area contributed by atoms with E-state index in [0.29, 0.717) is 5.92 Å². The van der Waals surface area contributed by atoms with Crippen LogP contribution in [0.15, 0.2) is 53.8 Å². The first-order valence-electron chi connectivity index (χ1n) is 10.7. The summed E-state index contributed by atoms with van der Waals surface area (Å²) < 4.78 is 7.42. The lowest BCUT2D eigenvalue weighted by Crippen LogP contribution is -2.39. The first-order chi connectivity index (χ1) is 14.3. The van der Waals surface area contributed by atoms with Crippen molar-refractivity contribution in [3.63, 3.8) is 0 Å². The van der Waals surface area contributed by atoms with Crippen LogP contribution in [0.25, 0.3) is 0 Å². The molecule has 166 valence electrons. The predicted molar refractivity (Wildman–Crippen MR) is 135 cm³/mol. The Bertz CT molecular complexity index is 725. The maximum atomic E-state index is 5.24. The van der Waals surface area contributed by atoms with Gasteiger partial charge in [0.15, 0.2) is 5.96 Å². The normalized spacial score (nSPS) is 15.5. The molecule has 2 N–H and O–H groups in total. The SMILES string of the molecule is CCNC(=NCC1CCN(Cc2ccc(OC)cc2)CC1)NCCn1cccc1.I. The van der Waals surface area contributed by atoms with Gasteiger partial charge in [0.2, 0.25) is 0 Å². The minimum Gasteiger partial charge on any atom is -0.497 e. The summed E-state index contributed by atoms with van der Waals surface area (Å²) in [5.41, 5.74) is 1.35. The number of aromatic nitrogens is 1. The van der Waals surface area contributed by atoms with E-state index in [4.69, 9.17) is 9.73 Å². The molecule has 0 aliphatic carbocycles. The van der Waals surface area contributed by atoms with Gasteiger partial charge in [0.05, 0.1) is 7.11 Å². The predicted octanol–water partition coefficient (Wildman–Crippen LogP) is 3.58. The van der Waals surface area contributed by atoms with Crippen LogP contribution in [0.5, 0.6) is 5.75 Å². The van der Waals surface area contributed by atoms with Gasteiger partial charge < -0.3 is 19.9 Å². The van der Waals surface area contributed by atoms with E-state index in [0.717, 1.165) is 57.5 Å². The molecule has 0 unspecified atom stereocenters. The fourth-order valence-corrected chi connectivity index (χ4v) is 3.70. The second-order valence-electron chi connectivity index (χ2n) is 7.63. The number of guanidine groups is 1. The van der Waals surface area contributed by atoms with E-state index in [9.17, 15) is 0 Å². The summed E-state index contributed by atoms with van der Waals surface area (Å²) in [6, 6.07) is 12.5. The van der Waals surface area contributed by atoms with Gasteiger partial charge in [-0.05, 0) is 68.6 Å². The van der Waals surface area contributed by atoms with Gasteiger partial charge in [0.25, 0.3) is 0 Å². The summed E-state index contributed by atoms with van der Waals surface area (Å²) in [4.78, 5) is 7.38. The van der Waals surface area contributed by atoms with E-state index in [-0.39, 0.29) is 24.0 Å². The number of rotatable bonds is 9. The van der Waals surface area contributed by atoms with Gasteiger partial charge >= 0.3 is 0 Å². The minimum atomic E-state index is 0. The molecule has 6 nitrogen and oxygen atoms in total. The van der Waals surface area contributed by atoms with E-state index in [1.54, 1.807) is 7.11 Å². The summed E-state index contributed by atoms with van der Waals surface area (Å²) in [5.74, 6) is 2.52. The molecular formula is C23H36IN5O. The minimum absolute atomic E-state index is 0. The number of aliphatic imine (C=N–C) groups is 1. The number of nitrogens with zero attached hydrogens (tertiary/aromatic N) is 3. The zero-order valence-electron chi connectivity index (χ0n) is 18.2. The molecule has 7 heteroatoms. The molecule has 2 aromatic rings. The highest BCUT2D eigenvalue weighted by Crippen LogP contribution is 2.20. The lowest BCUT2D eigenvalue weighted by Gasteiger charge is -2.31. The van der Waals surface area contributed by atoms with Crippen LogP contribution in [-0.4, -0.2) is 55.3 Å². The van der Waals surface area contributed by atoms with Crippen LogP contribution in [0.1, 0.15) is 25.3 Å². The Labute approximate surface area is 198 Å². The monoisotopic (exact) mass is 525 g/mol. The first kappa shape index (κ1) is 24.5. The fourth-order valence-electron chi connectivity index (χ4n) is 3.70. The highest BCUT2D eigenvalue weighted by molar-refractivity contribution is 14.0. The largest absolute Gasteiger partial charge is 0.497 e. The maximum Gasteiger partial charge on any atom is 0.191 e. The van der Waals surface area contributed by atoms with Gasteiger partial charge in [-0.15, -0.1) is 24.0 Å². The molecule has 0 atom stereocenters. The molecule has 0 radical (unpaired) electrons. The van der Waals surface area contributed by atoms with E-state index >= 15 is 0 Å². The van der Waals surface area contributed by atoms with Crippen molar-refractivity contribution in [1.82, 2.24) is 20.1 Å². The van der Waals surface area contributed by atoms with Gasteiger partial charge in [0.1, 0.15) is 5.75 Å². The molecule has 0 saturated carbocycles. The van der Waals surface area contributed by atoms with Crippen LogP contribution in [-0.2, 0) is 13.1 Å². The molecule has 1 aliphatic heterocycles. The van der Waals surface area contributed by atoms with Crippen LogP contribution in [0.3, 0.4) is 0 Å². The maximum absolute atomic E-state index is 5.24. The number of hydrogen-bond acceptors (Lipinski definition) is 3. The molecule has 3 rings (SSSR count). The Morgan fingerprint density at radius 1 is 1.10 bits per heavy atom. The Morgan fingerprint density at radius 2 is 1.80 bits per heavy atom. The number of piperidine rings is 1. The van der Waals surface area contributed by atoms with Crippen molar-refractivity contribution in [2.24, 2.45) is 10.9 Å². The molecule has 1 aliphatic rings. The third-order valence-corrected chi connectivity index (χ3v) is 5.45. The van der Waals surface area contributed by atoms with Gasteiger partial charge in [0, 0.05) is 45.1 Å². The molecule has 0 bridgehead atoms. The second-order valence-corrected chi connectivity index (χ2v) is 7.63. The zero-order chi connectivity index (χ0) is 20.3. The summed E-state index contributed by atoms with van der Waals surface area (Å²) in [5, 5.41) is 6.81. The number of ether oxygens (including phenoxy) is 1. The lowest BCUT2D eigenvalue weighted by atomic mass is 9.96. The second kappa shape index (κ2) is 13.5. The Morgan fingerprint density at radius 3 is 2.43 bits per heavy atom. The third kappa shape index (κ3) is 8.18. The van der Waals surface area contributed by atoms with E-state index < -0.39 is 0 Å².